The lowest BCUT2D eigenvalue weighted by Crippen LogP contribution is -2.29. The molecule has 0 radical (unpaired) electrons. The first-order valence-electron chi connectivity index (χ1n) is 5.66. The van der Waals surface area contributed by atoms with Gasteiger partial charge < -0.3 is 20.5 Å². The summed E-state index contributed by atoms with van der Waals surface area (Å²) in [6.07, 6.45) is 4.00. The Balaban J connectivity index is 2.01. The number of carboxylic acid groups (broad SMARTS) is 1. The molecule has 1 saturated carbocycles. The van der Waals surface area contributed by atoms with Gasteiger partial charge >= 0.3 is 11.8 Å². The number of rotatable bonds is 6. The number of pyridine rings is 1. The minimum absolute atomic E-state index is 0.255. The lowest BCUT2D eigenvalue weighted by molar-refractivity contribution is -0.389. The summed E-state index contributed by atoms with van der Waals surface area (Å²) < 4.78 is 0. The fourth-order valence-corrected chi connectivity index (χ4v) is 1.69. The predicted molar refractivity (Wildman–Crippen MR) is 63.3 cm³/mol. The van der Waals surface area contributed by atoms with Crippen molar-refractivity contribution in [3.63, 3.8) is 0 Å². The highest BCUT2D eigenvalue weighted by Crippen LogP contribution is 2.34. The van der Waals surface area contributed by atoms with Crippen LogP contribution in [0.3, 0.4) is 0 Å². The van der Waals surface area contributed by atoms with E-state index >= 15 is 0 Å². The molecular weight excluding hydrogens is 238 g/mol. The van der Waals surface area contributed by atoms with E-state index in [9.17, 15) is 14.9 Å². The number of carboxylic acids is 1. The number of aromatic nitrogens is 1. The summed E-state index contributed by atoms with van der Waals surface area (Å²) in [5, 5.41) is 22.3. The molecule has 1 aromatic heterocycles. The summed E-state index contributed by atoms with van der Waals surface area (Å²) in [7, 11) is 0. The lowest BCUT2D eigenvalue weighted by Gasteiger charge is -2.14. The zero-order chi connectivity index (χ0) is 13.1. The average Bonchev–Trinajstić information content (AvgIpc) is 3.12. The molecule has 0 amide bonds. The summed E-state index contributed by atoms with van der Waals surface area (Å²) in [5.74, 6) is -0.695. The Kier molecular flexibility index (Phi) is 3.40. The molecule has 7 nitrogen and oxygen atoms in total. The average molecular weight is 251 g/mol. The number of aliphatic carboxylic acids is 1. The minimum Gasteiger partial charge on any atom is -0.480 e. The second-order valence-electron chi connectivity index (χ2n) is 4.38. The highest BCUT2D eigenvalue weighted by Gasteiger charge is 2.29. The molecule has 96 valence electrons. The summed E-state index contributed by atoms with van der Waals surface area (Å²) in [6.45, 7) is 0. The molecular formula is C11H13N3O4. The third-order valence-electron chi connectivity index (χ3n) is 2.84. The first kappa shape index (κ1) is 12.3. The predicted octanol–water partition coefficient (Wildman–Crippen LogP) is 1.65. The van der Waals surface area contributed by atoms with Crippen LogP contribution in [0.15, 0.2) is 18.3 Å². The van der Waals surface area contributed by atoms with E-state index in [4.69, 9.17) is 5.11 Å². The molecule has 0 saturated heterocycles. The van der Waals surface area contributed by atoms with Gasteiger partial charge in [0.15, 0.2) is 6.20 Å². The number of carbonyl (C=O) groups is 1. The van der Waals surface area contributed by atoms with Crippen LogP contribution in [0, 0.1) is 16.0 Å². The molecule has 1 aromatic rings. The monoisotopic (exact) mass is 251 g/mol. The van der Waals surface area contributed by atoms with Crippen LogP contribution in [0.2, 0.25) is 0 Å². The molecule has 1 aliphatic carbocycles. The Bertz CT molecular complexity index is 456. The Morgan fingerprint density at radius 2 is 2.33 bits per heavy atom. The number of anilines is 1. The lowest BCUT2D eigenvalue weighted by atomic mass is 10.1. The molecule has 1 aliphatic rings. The Morgan fingerprint density at radius 1 is 1.61 bits per heavy atom. The first-order valence-corrected chi connectivity index (χ1v) is 5.66. The standard InChI is InChI=1S/C11H13N3O4/c15-11(16)9(5-7-1-2-7)13-8-3-4-10(12-6-8)14(17)18/h3-4,6-7,9,13H,1-2,5H2,(H,15,16). The van der Waals surface area contributed by atoms with E-state index in [-0.39, 0.29) is 5.82 Å². The molecule has 2 rings (SSSR count). The van der Waals surface area contributed by atoms with E-state index in [1.54, 1.807) is 0 Å². The molecule has 0 aromatic carbocycles. The van der Waals surface area contributed by atoms with Gasteiger partial charge in [0.05, 0.1) is 5.69 Å². The molecule has 0 bridgehead atoms. The van der Waals surface area contributed by atoms with Gasteiger partial charge in [-0.15, -0.1) is 0 Å². The fraction of sp³-hybridized carbons (Fsp3) is 0.455. The molecule has 1 atom stereocenters. The van der Waals surface area contributed by atoms with Crippen molar-refractivity contribution in [2.24, 2.45) is 5.92 Å². The van der Waals surface area contributed by atoms with Gasteiger partial charge in [0.2, 0.25) is 0 Å². The topological polar surface area (TPSA) is 105 Å². The molecule has 1 heterocycles. The van der Waals surface area contributed by atoms with Gasteiger partial charge in [-0.05, 0) is 28.3 Å². The third-order valence-corrected chi connectivity index (χ3v) is 2.84. The summed E-state index contributed by atoms with van der Waals surface area (Å²) in [5.41, 5.74) is 0.480. The zero-order valence-electron chi connectivity index (χ0n) is 9.57. The number of nitrogens with zero attached hydrogens (tertiary/aromatic N) is 2. The van der Waals surface area contributed by atoms with Crippen LogP contribution >= 0.6 is 0 Å². The van der Waals surface area contributed by atoms with Gasteiger partial charge in [-0.1, -0.05) is 12.8 Å². The van der Waals surface area contributed by atoms with Gasteiger partial charge in [0, 0.05) is 6.07 Å². The smallest absolute Gasteiger partial charge is 0.363 e. The van der Waals surface area contributed by atoms with Gasteiger partial charge in [0.1, 0.15) is 6.04 Å². The molecule has 0 aliphatic heterocycles. The van der Waals surface area contributed by atoms with Crippen molar-refractivity contribution in [3.05, 3.63) is 28.4 Å². The number of nitro groups is 1. The highest BCUT2D eigenvalue weighted by atomic mass is 16.6. The summed E-state index contributed by atoms with van der Waals surface area (Å²) in [6, 6.07) is 2.05. The van der Waals surface area contributed by atoms with E-state index in [2.05, 4.69) is 10.3 Å². The quantitative estimate of drug-likeness (QED) is 0.588. The van der Waals surface area contributed by atoms with Crippen LogP contribution in [0.25, 0.3) is 0 Å². The van der Waals surface area contributed by atoms with E-state index < -0.39 is 16.9 Å². The minimum atomic E-state index is -0.916. The van der Waals surface area contributed by atoms with Crippen molar-refractivity contribution in [2.75, 3.05) is 5.32 Å². The van der Waals surface area contributed by atoms with Gasteiger partial charge in [-0.2, -0.15) is 0 Å². The van der Waals surface area contributed by atoms with Crippen LogP contribution in [0.5, 0.6) is 0 Å². The Labute approximate surface area is 103 Å². The van der Waals surface area contributed by atoms with Crippen molar-refractivity contribution >= 4 is 17.5 Å². The maximum atomic E-state index is 11.1. The van der Waals surface area contributed by atoms with Crippen LogP contribution in [0.4, 0.5) is 11.5 Å². The van der Waals surface area contributed by atoms with Crippen LogP contribution < -0.4 is 5.32 Å². The van der Waals surface area contributed by atoms with Crippen LogP contribution in [-0.4, -0.2) is 27.0 Å². The van der Waals surface area contributed by atoms with Gasteiger partial charge in [0.25, 0.3) is 0 Å². The largest absolute Gasteiger partial charge is 0.480 e. The van der Waals surface area contributed by atoms with Crippen molar-refractivity contribution in [3.8, 4) is 0 Å². The third kappa shape index (κ3) is 3.16. The summed E-state index contributed by atoms with van der Waals surface area (Å²) >= 11 is 0. The molecule has 2 N–H and O–H groups in total. The zero-order valence-corrected chi connectivity index (χ0v) is 9.57. The van der Waals surface area contributed by atoms with Gasteiger partial charge in [-0.3, -0.25) is 0 Å². The SMILES string of the molecule is O=C(O)C(CC1CC1)Nc1ccc([N+](=O)[O-])nc1. The van der Waals surface area contributed by atoms with Crippen LogP contribution in [0.1, 0.15) is 19.3 Å². The van der Waals surface area contributed by atoms with Gasteiger partial charge in [-0.25, -0.2) is 4.79 Å². The second-order valence-corrected chi connectivity index (χ2v) is 4.38. The molecule has 7 heteroatoms. The molecule has 1 fully saturated rings. The van der Waals surface area contributed by atoms with E-state index in [0.717, 1.165) is 12.8 Å². The second kappa shape index (κ2) is 4.99. The van der Waals surface area contributed by atoms with Crippen molar-refractivity contribution in [1.29, 1.82) is 0 Å². The van der Waals surface area contributed by atoms with E-state index in [1.807, 2.05) is 0 Å². The normalized spacial score (nSPS) is 16.0. The Morgan fingerprint density at radius 3 is 2.78 bits per heavy atom. The number of nitrogens with one attached hydrogen (secondary N) is 1. The molecule has 18 heavy (non-hydrogen) atoms. The molecule has 1 unspecified atom stereocenters. The number of hydrogen-bond acceptors (Lipinski definition) is 5. The van der Waals surface area contributed by atoms with Crippen molar-refractivity contribution < 1.29 is 14.8 Å². The van der Waals surface area contributed by atoms with Crippen LogP contribution in [-0.2, 0) is 4.79 Å². The fourth-order valence-electron chi connectivity index (χ4n) is 1.69. The maximum Gasteiger partial charge on any atom is 0.363 e. The van der Waals surface area contributed by atoms with E-state index in [0.29, 0.717) is 18.0 Å². The van der Waals surface area contributed by atoms with Crippen molar-refractivity contribution in [2.45, 2.75) is 25.3 Å². The molecule has 0 spiro atoms. The van der Waals surface area contributed by atoms with Crippen molar-refractivity contribution in [1.82, 2.24) is 4.98 Å². The first-order chi connectivity index (χ1) is 8.56. The maximum absolute atomic E-state index is 11.1. The summed E-state index contributed by atoms with van der Waals surface area (Å²) in [4.78, 5) is 24.5. The Hall–Kier alpha value is -2.18. The number of hydrogen-bond donors (Lipinski definition) is 2. The van der Waals surface area contributed by atoms with E-state index in [1.165, 1.54) is 18.3 Å². The highest BCUT2D eigenvalue weighted by molar-refractivity contribution is 5.77.